The van der Waals surface area contributed by atoms with Gasteiger partial charge in [0.2, 0.25) is 5.91 Å². The number of hydrogen-bond acceptors (Lipinski definition) is 5. The van der Waals surface area contributed by atoms with Crippen molar-refractivity contribution in [3.8, 4) is 0 Å². The van der Waals surface area contributed by atoms with Crippen LogP contribution in [0.15, 0.2) is 24.3 Å². The normalized spacial score (nSPS) is 20.1. The number of carbonyl (C=O) groups excluding carboxylic acids is 4. The fourth-order valence-corrected chi connectivity index (χ4v) is 2.36. The molecular weight excluding hydrogens is 341 g/mol. The van der Waals surface area contributed by atoms with Gasteiger partial charge in [-0.05, 0) is 24.6 Å². The van der Waals surface area contributed by atoms with Gasteiger partial charge in [-0.1, -0.05) is 12.1 Å². The number of nitrogens with one attached hydrogen (secondary N) is 1. The largest absolute Gasteiger partial charge is 0.330 e. The molecule has 0 aliphatic carbocycles. The van der Waals surface area contributed by atoms with E-state index in [4.69, 9.17) is 5.73 Å². The first kappa shape index (κ1) is 19.7. The third kappa shape index (κ3) is 3.77. The van der Waals surface area contributed by atoms with Crippen LogP contribution >= 0.6 is 12.4 Å². The van der Waals surface area contributed by atoms with Gasteiger partial charge in [0, 0.05) is 19.0 Å². The van der Waals surface area contributed by atoms with Crippen molar-refractivity contribution in [1.29, 1.82) is 0 Å². The Morgan fingerprint density at radius 1 is 1.38 bits per heavy atom. The Labute approximate surface area is 143 Å². The number of urea groups is 1. The summed E-state index contributed by atoms with van der Waals surface area (Å²) in [4.78, 5) is 48.1. The maximum Gasteiger partial charge on any atom is 0.330 e. The number of barbiturate groups is 1. The number of rotatable bonds is 4. The van der Waals surface area contributed by atoms with Gasteiger partial charge in [0.05, 0.1) is 0 Å². The maximum atomic E-state index is 13.3. The third-order valence-electron chi connectivity index (χ3n) is 3.72. The standard InChI is InChI=1S/C15H16FN3O4.ClH/c1-15(17,8-4-3-5-9(16)6-8)7-10(20)11-12(21)18-14(23)19(2)13(11)22;/h3-6,11H,7,17H2,1-2H3,(H,18,21,23);1H/t11?,15-;/m1./s1. The molecular formula is C15H17ClFN3O4. The van der Waals surface area contributed by atoms with Crippen molar-refractivity contribution in [2.75, 3.05) is 7.05 Å². The monoisotopic (exact) mass is 357 g/mol. The molecule has 0 radical (unpaired) electrons. The lowest BCUT2D eigenvalue weighted by molar-refractivity contribution is -0.147. The Balaban J connectivity index is 0.00000288. The van der Waals surface area contributed by atoms with Crippen molar-refractivity contribution in [3.05, 3.63) is 35.6 Å². The lowest BCUT2D eigenvalue weighted by Gasteiger charge is -2.29. The molecule has 24 heavy (non-hydrogen) atoms. The first-order chi connectivity index (χ1) is 10.6. The molecule has 0 spiro atoms. The van der Waals surface area contributed by atoms with Gasteiger partial charge in [-0.25, -0.2) is 9.18 Å². The molecule has 1 aliphatic rings. The number of imide groups is 2. The number of ketones is 1. The summed E-state index contributed by atoms with van der Waals surface area (Å²) in [5, 5.41) is 1.93. The number of hydrogen-bond donors (Lipinski definition) is 2. The van der Waals surface area contributed by atoms with Gasteiger partial charge in [-0.3, -0.25) is 24.6 Å². The highest BCUT2D eigenvalue weighted by Crippen LogP contribution is 2.25. The van der Waals surface area contributed by atoms with Crippen LogP contribution < -0.4 is 11.1 Å². The molecule has 7 nitrogen and oxygen atoms in total. The minimum absolute atomic E-state index is 0. The number of nitrogens with zero attached hydrogens (tertiary/aromatic N) is 1. The molecule has 0 saturated carbocycles. The average Bonchev–Trinajstić information content (AvgIpc) is 2.44. The molecule has 1 aromatic rings. The van der Waals surface area contributed by atoms with Crippen molar-refractivity contribution >= 4 is 36.0 Å². The summed E-state index contributed by atoms with van der Waals surface area (Å²) >= 11 is 0. The van der Waals surface area contributed by atoms with E-state index < -0.39 is 40.9 Å². The van der Waals surface area contributed by atoms with E-state index in [9.17, 15) is 23.6 Å². The predicted octanol–water partition coefficient (Wildman–Crippen LogP) is 0.705. The Bertz CT molecular complexity index is 708. The molecule has 0 bridgehead atoms. The molecule has 1 fully saturated rings. The Morgan fingerprint density at radius 3 is 2.58 bits per heavy atom. The van der Waals surface area contributed by atoms with E-state index in [0.29, 0.717) is 10.5 Å². The number of halogens is 2. The quantitative estimate of drug-likeness (QED) is 0.771. The predicted molar refractivity (Wildman–Crippen MR) is 84.6 cm³/mol. The first-order valence-electron chi connectivity index (χ1n) is 6.83. The van der Waals surface area contributed by atoms with Gasteiger partial charge >= 0.3 is 6.03 Å². The van der Waals surface area contributed by atoms with E-state index >= 15 is 0 Å². The zero-order valence-corrected chi connectivity index (χ0v) is 13.9. The Kier molecular flexibility index (Phi) is 5.80. The molecule has 1 unspecified atom stereocenters. The Hall–Kier alpha value is -2.32. The summed E-state index contributed by atoms with van der Waals surface area (Å²) in [6.07, 6.45) is -0.359. The van der Waals surface area contributed by atoms with Crippen molar-refractivity contribution in [2.24, 2.45) is 11.7 Å². The van der Waals surface area contributed by atoms with Gasteiger partial charge in [-0.2, -0.15) is 0 Å². The first-order valence-corrected chi connectivity index (χ1v) is 6.83. The summed E-state index contributed by atoms with van der Waals surface area (Å²) in [5.74, 6) is -4.75. The highest BCUT2D eigenvalue weighted by molar-refractivity contribution is 6.26. The molecule has 1 aromatic carbocycles. The highest BCUT2D eigenvalue weighted by atomic mass is 35.5. The molecule has 1 saturated heterocycles. The molecule has 3 N–H and O–H groups in total. The molecule has 130 valence electrons. The van der Waals surface area contributed by atoms with Crippen molar-refractivity contribution in [2.45, 2.75) is 18.9 Å². The van der Waals surface area contributed by atoms with Crippen molar-refractivity contribution < 1.29 is 23.6 Å². The van der Waals surface area contributed by atoms with Crippen LogP contribution in [0, 0.1) is 11.7 Å². The number of benzene rings is 1. The van der Waals surface area contributed by atoms with Crippen LogP contribution in [0.1, 0.15) is 18.9 Å². The van der Waals surface area contributed by atoms with E-state index in [1.54, 1.807) is 6.07 Å². The Morgan fingerprint density at radius 2 is 2.00 bits per heavy atom. The average molecular weight is 358 g/mol. The number of Topliss-reactive ketones (excluding diaryl/α,β-unsaturated/α-hetero) is 1. The molecule has 1 aliphatic heterocycles. The minimum Gasteiger partial charge on any atom is -0.321 e. The van der Waals surface area contributed by atoms with Crippen LogP contribution in [0.5, 0.6) is 0 Å². The van der Waals surface area contributed by atoms with Gasteiger partial charge in [0.15, 0.2) is 11.7 Å². The fraction of sp³-hybridized carbons (Fsp3) is 0.333. The summed E-state index contributed by atoms with van der Waals surface area (Å²) < 4.78 is 13.3. The highest BCUT2D eigenvalue weighted by Gasteiger charge is 2.44. The van der Waals surface area contributed by atoms with Crippen LogP contribution in [0.3, 0.4) is 0 Å². The second-order valence-electron chi connectivity index (χ2n) is 5.70. The van der Waals surface area contributed by atoms with E-state index in [1.807, 2.05) is 5.32 Å². The van der Waals surface area contributed by atoms with E-state index in [2.05, 4.69) is 0 Å². The minimum atomic E-state index is -1.63. The molecule has 2 atom stereocenters. The molecule has 0 aromatic heterocycles. The lowest BCUT2D eigenvalue weighted by Crippen LogP contribution is -2.59. The number of amides is 4. The third-order valence-corrected chi connectivity index (χ3v) is 3.72. The van der Waals surface area contributed by atoms with E-state index in [1.165, 1.54) is 32.2 Å². The SMILES string of the molecule is CN1C(=O)NC(=O)C(C(=O)C[C@@](C)(N)c2cccc(F)c2)C1=O.Cl. The van der Waals surface area contributed by atoms with Crippen LogP contribution in [-0.4, -0.2) is 35.6 Å². The molecule has 1 heterocycles. The van der Waals surface area contributed by atoms with Crippen LogP contribution in [0.4, 0.5) is 9.18 Å². The summed E-state index contributed by atoms with van der Waals surface area (Å²) in [7, 11) is 1.17. The maximum absolute atomic E-state index is 13.3. The van der Waals surface area contributed by atoms with Crippen LogP contribution in [0.25, 0.3) is 0 Å². The summed E-state index contributed by atoms with van der Waals surface area (Å²) in [5.41, 5.74) is 5.15. The van der Waals surface area contributed by atoms with Gasteiger partial charge < -0.3 is 5.73 Å². The summed E-state index contributed by atoms with van der Waals surface area (Å²) in [6.45, 7) is 1.50. The number of carbonyl (C=O) groups is 4. The molecule has 4 amide bonds. The van der Waals surface area contributed by atoms with Gasteiger partial charge in [-0.15, -0.1) is 12.4 Å². The zero-order chi connectivity index (χ0) is 17.4. The zero-order valence-electron chi connectivity index (χ0n) is 13.0. The molecule has 2 rings (SSSR count). The topological polar surface area (TPSA) is 110 Å². The smallest absolute Gasteiger partial charge is 0.321 e. The second kappa shape index (κ2) is 7.06. The van der Waals surface area contributed by atoms with E-state index in [-0.39, 0.29) is 18.8 Å². The van der Waals surface area contributed by atoms with Crippen molar-refractivity contribution in [3.63, 3.8) is 0 Å². The van der Waals surface area contributed by atoms with Crippen LogP contribution in [0.2, 0.25) is 0 Å². The summed E-state index contributed by atoms with van der Waals surface area (Å²) in [6, 6.07) is 4.54. The van der Waals surface area contributed by atoms with Crippen molar-refractivity contribution in [1.82, 2.24) is 10.2 Å². The van der Waals surface area contributed by atoms with Gasteiger partial charge in [0.1, 0.15) is 5.82 Å². The molecule has 9 heteroatoms. The van der Waals surface area contributed by atoms with Gasteiger partial charge in [0.25, 0.3) is 5.91 Å². The fourth-order valence-electron chi connectivity index (χ4n) is 2.36. The lowest BCUT2D eigenvalue weighted by atomic mass is 9.83. The van der Waals surface area contributed by atoms with Crippen LogP contribution in [-0.2, 0) is 19.9 Å². The van der Waals surface area contributed by atoms with E-state index in [0.717, 1.165) is 0 Å². The number of nitrogens with two attached hydrogens (primary N) is 1. The second-order valence-corrected chi connectivity index (χ2v) is 5.70.